The molecule has 0 saturated heterocycles. The van der Waals surface area contributed by atoms with Gasteiger partial charge >= 0.3 is 6.18 Å². The molecule has 118 valence electrons. The zero-order valence-electron chi connectivity index (χ0n) is 12.0. The maximum absolute atomic E-state index is 12.6. The Morgan fingerprint density at radius 2 is 1.74 bits per heavy atom. The molecule has 0 aliphatic heterocycles. The summed E-state index contributed by atoms with van der Waals surface area (Å²) in [5.41, 5.74) is 7.11. The van der Waals surface area contributed by atoms with Crippen molar-refractivity contribution in [1.82, 2.24) is 19.7 Å². The average molecular weight is 319 g/mol. The minimum absolute atomic E-state index is 0.0175. The Morgan fingerprint density at radius 1 is 1.04 bits per heavy atom. The fraction of sp³-hybridized carbons (Fsp3) is 0.133. The van der Waals surface area contributed by atoms with E-state index in [1.54, 1.807) is 6.07 Å². The highest BCUT2D eigenvalue weighted by atomic mass is 19.4. The van der Waals surface area contributed by atoms with Gasteiger partial charge in [0, 0.05) is 17.8 Å². The van der Waals surface area contributed by atoms with E-state index in [2.05, 4.69) is 15.1 Å². The number of rotatable bonds is 2. The molecule has 23 heavy (non-hydrogen) atoms. The number of hydrogen-bond acceptors (Lipinski definition) is 4. The minimum Gasteiger partial charge on any atom is -0.384 e. The van der Waals surface area contributed by atoms with Crippen LogP contribution in [0.4, 0.5) is 19.0 Å². The van der Waals surface area contributed by atoms with Gasteiger partial charge in [-0.2, -0.15) is 23.3 Å². The number of benzene rings is 1. The predicted molar refractivity (Wildman–Crippen MR) is 78.7 cm³/mol. The van der Waals surface area contributed by atoms with Gasteiger partial charge in [-0.1, -0.05) is 29.8 Å². The number of halogens is 3. The van der Waals surface area contributed by atoms with E-state index in [1.165, 1.54) is 0 Å². The Kier molecular flexibility index (Phi) is 3.51. The molecule has 0 aliphatic rings. The molecule has 1 aromatic carbocycles. The van der Waals surface area contributed by atoms with Crippen molar-refractivity contribution in [1.29, 1.82) is 0 Å². The van der Waals surface area contributed by atoms with E-state index in [1.807, 2.05) is 31.2 Å². The third-order valence-electron chi connectivity index (χ3n) is 3.17. The number of nitrogens with zero attached hydrogens (tertiary/aromatic N) is 4. The highest BCUT2D eigenvalue weighted by molar-refractivity contribution is 5.62. The molecule has 8 heteroatoms. The maximum Gasteiger partial charge on any atom is 0.435 e. The van der Waals surface area contributed by atoms with Gasteiger partial charge in [0.2, 0.25) is 0 Å². The van der Waals surface area contributed by atoms with Crippen molar-refractivity contribution in [3.8, 4) is 17.2 Å². The van der Waals surface area contributed by atoms with Crippen molar-refractivity contribution >= 4 is 5.82 Å². The normalized spacial score (nSPS) is 11.7. The Labute approximate surface area is 129 Å². The molecule has 3 rings (SSSR count). The van der Waals surface area contributed by atoms with Crippen molar-refractivity contribution in [2.45, 2.75) is 13.1 Å². The van der Waals surface area contributed by atoms with Crippen LogP contribution in [0.15, 0.2) is 42.6 Å². The molecule has 0 spiro atoms. The molecule has 2 N–H and O–H groups in total. The molecular formula is C15H12F3N5. The second-order valence-electron chi connectivity index (χ2n) is 4.99. The average Bonchev–Trinajstić information content (AvgIpc) is 2.97. The molecule has 0 unspecified atom stereocenters. The first-order valence-corrected chi connectivity index (χ1v) is 6.68. The van der Waals surface area contributed by atoms with Crippen molar-refractivity contribution in [3.63, 3.8) is 0 Å². The number of nitrogens with two attached hydrogens (primary N) is 1. The lowest BCUT2D eigenvalue weighted by Gasteiger charge is -2.06. The van der Waals surface area contributed by atoms with E-state index < -0.39 is 11.9 Å². The van der Waals surface area contributed by atoms with Crippen molar-refractivity contribution < 1.29 is 13.2 Å². The maximum atomic E-state index is 12.6. The van der Waals surface area contributed by atoms with Gasteiger partial charge in [-0.15, -0.1) is 0 Å². The number of aryl methyl sites for hydroxylation is 1. The van der Waals surface area contributed by atoms with Gasteiger partial charge < -0.3 is 5.73 Å². The first kappa shape index (κ1) is 15.0. The van der Waals surface area contributed by atoms with Crippen LogP contribution in [0, 0.1) is 6.92 Å². The Balaban J connectivity index is 2.04. The van der Waals surface area contributed by atoms with Crippen LogP contribution in [0.3, 0.4) is 0 Å². The molecule has 0 aliphatic carbocycles. The summed E-state index contributed by atoms with van der Waals surface area (Å²) >= 11 is 0. The van der Waals surface area contributed by atoms with Crippen LogP contribution < -0.4 is 5.73 Å². The number of alkyl halides is 3. The first-order valence-electron chi connectivity index (χ1n) is 6.68. The van der Waals surface area contributed by atoms with Gasteiger partial charge in [0.05, 0.1) is 5.69 Å². The minimum atomic E-state index is -4.52. The van der Waals surface area contributed by atoms with Crippen LogP contribution in [0.25, 0.3) is 17.2 Å². The second kappa shape index (κ2) is 5.38. The van der Waals surface area contributed by atoms with Gasteiger partial charge in [0.15, 0.2) is 5.69 Å². The van der Waals surface area contributed by atoms with E-state index in [0.717, 1.165) is 28.1 Å². The molecule has 3 aromatic rings. The number of anilines is 1. The zero-order valence-corrected chi connectivity index (χ0v) is 12.0. The number of aromatic nitrogens is 4. The van der Waals surface area contributed by atoms with Gasteiger partial charge in [-0.25, -0.2) is 9.67 Å². The summed E-state index contributed by atoms with van der Waals surface area (Å²) in [6.07, 6.45) is -3.37. The topological polar surface area (TPSA) is 69.6 Å². The van der Waals surface area contributed by atoms with E-state index >= 15 is 0 Å². The van der Waals surface area contributed by atoms with E-state index in [9.17, 15) is 13.2 Å². The Hall–Kier alpha value is -2.90. The molecule has 0 fully saturated rings. The van der Waals surface area contributed by atoms with Crippen LogP contribution in [0.5, 0.6) is 0 Å². The van der Waals surface area contributed by atoms with E-state index in [0.29, 0.717) is 5.69 Å². The zero-order chi connectivity index (χ0) is 16.6. The molecule has 0 radical (unpaired) electrons. The molecular weight excluding hydrogens is 307 g/mol. The summed E-state index contributed by atoms with van der Waals surface area (Å²) in [6.45, 7) is 1.95. The van der Waals surface area contributed by atoms with Crippen LogP contribution >= 0.6 is 0 Å². The van der Waals surface area contributed by atoms with Gasteiger partial charge in [0.1, 0.15) is 5.82 Å². The molecule has 0 atom stereocenters. The Bertz CT molecular complexity index is 837. The summed E-state index contributed by atoms with van der Waals surface area (Å²) in [6, 6.07) is 9.93. The van der Waals surface area contributed by atoms with E-state index in [-0.39, 0.29) is 11.8 Å². The van der Waals surface area contributed by atoms with Gasteiger partial charge in [-0.3, -0.25) is 0 Å². The number of hydrogen-bond donors (Lipinski definition) is 1. The lowest BCUT2D eigenvalue weighted by Crippen LogP contribution is -2.09. The monoisotopic (exact) mass is 319 g/mol. The lowest BCUT2D eigenvalue weighted by molar-refractivity contribution is -0.141. The summed E-state index contributed by atoms with van der Waals surface area (Å²) in [5, 5.41) is 3.45. The predicted octanol–water partition coefficient (Wildman–Crippen LogP) is 3.24. The fourth-order valence-corrected chi connectivity index (χ4v) is 2.01. The third-order valence-corrected chi connectivity index (χ3v) is 3.17. The quantitative estimate of drug-likeness (QED) is 0.787. The van der Waals surface area contributed by atoms with Gasteiger partial charge in [0.25, 0.3) is 5.95 Å². The van der Waals surface area contributed by atoms with E-state index in [4.69, 9.17) is 5.73 Å². The summed E-state index contributed by atoms with van der Waals surface area (Å²) in [5.74, 6) is 0.130. The summed E-state index contributed by atoms with van der Waals surface area (Å²) in [7, 11) is 0. The standard InChI is InChI=1S/C15H12F3N5/c1-9-2-4-10(5-3-9)11-8-13(19)21-14(20-11)23-7-6-12(22-23)15(16,17)18/h2-8H,1H3,(H2,19,20,21). The molecule has 0 bridgehead atoms. The van der Waals surface area contributed by atoms with Crippen molar-refractivity contribution in [3.05, 3.63) is 53.9 Å². The highest BCUT2D eigenvalue weighted by Crippen LogP contribution is 2.28. The van der Waals surface area contributed by atoms with Crippen molar-refractivity contribution in [2.75, 3.05) is 5.73 Å². The first-order chi connectivity index (χ1) is 10.8. The van der Waals surface area contributed by atoms with Gasteiger partial charge in [-0.05, 0) is 13.0 Å². The smallest absolute Gasteiger partial charge is 0.384 e. The van der Waals surface area contributed by atoms with Crippen LogP contribution in [0.2, 0.25) is 0 Å². The lowest BCUT2D eigenvalue weighted by atomic mass is 10.1. The third kappa shape index (κ3) is 3.15. The SMILES string of the molecule is Cc1ccc(-c2cc(N)nc(-n3ccc(C(F)(F)F)n3)n2)cc1. The van der Waals surface area contributed by atoms with Crippen LogP contribution in [-0.4, -0.2) is 19.7 Å². The summed E-state index contributed by atoms with van der Waals surface area (Å²) in [4.78, 5) is 8.18. The molecule has 2 aromatic heterocycles. The number of nitrogen functional groups attached to an aromatic ring is 1. The molecule has 2 heterocycles. The molecule has 0 saturated carbocycles. The largest absolute Gasteiger partial charge is 0.435 e. The van der Waals surface area contributed by atoms with Crippen LogP contribution in [-0.2, 0) is 6.18 Å². The molecule has 0 amide bonds. The van der Waals surface area contributed by atoms with Crippen LogP contribution in [0.1, 0.15) is 11.3 Å². The second-order valence-corrected chi connectivity index (χ2v) is 4.99. The summed E-state index contributed by atoms with van der Waals surface area (Å²) < 4.78 is 38.9. The fourth-order valence-electron chi connectivity index (χ4n) is 2.01. The highest BCUT2D eigenvalue weighted by Gasteiger charge is 2.33. The van der Waals surface area contributed by atoms with Crippen molar-refractivity contribution in [2.24, 2.45) is 0 Å². The molecule has 5 nitrogen and oxygen atoms in total. The Morgan fingerprint density at radius 3 is 2.35 bits per heavy atom.